The van der Waals surface area contributed by atoms with Crippen molar-refractivity contribution in [3.63, 3.8) is 0 Å². The average Bonchev–Trinajstić information content (AvgIpc) is 2.59. The molecule has 0 unspecified atom stereocenters. The Hall–Kier alpha value is -1.69. The van der Waals surface area contributed by atoms with Crippen LogP contribution in [0.2, 0.25) is 0 Å². The van der Waals surface area contributed by atoms with Gasteiger partial charge >= 0.3 is 0 Å². The van der Waals surface area contributed by atoms with Crippen LogP contribution < -0.4 is 10.6 Å². The molecular weight excluding hydrogens is 241 g/mol. The molecule has 0 saturated carbocycles. The normalized spacial score (nSPS) is 16.2. The molecule has 2 aromatic rings. The predicted octanol–water partition coefficient (Wildman–Crippen LogP) is 1.36. The summed E-state index contributed by atoms with van der Waals surface area (Å²) in [7, 11) is 0. The van der Waals surface area contributed by atoms with E-state index in [4.69, 9.17) is 5.73 Å². The number of benzene rings is 1. The van der Waals surface area contributed by atoms with Crippen LogP contribution in [0.5, 0.6) is 0 Å². The first kappa shape index (κ1) is 10.5. The minimum absolute atomic E-state index is 0.105. The average molecular weight is 251 g/mol. The smallest absolute Gasteiger partial charge is 0.224 e. The predicted molar refractivity (Wildman–Crippen MR) is 64.5 cm³/mol. The van der Waals surface area contributed by atoms with Gasteiger partial charge in [0, 0.05) is 13.1 Å². The first-order chi connectivity index (χ1) is 8.15. The lowest BCUT2D eigenvalue weighted by Gasteiger charge is -2.36. The van der Waals surface area contributed by atoms with E-state index >= 15 is 0 Å². The summed E-state index contributed by atoms with van der Waals surface area (Å²) in [5.74, 6) is -0.697. The van der Waals surface area contributed by atoms with Gasteiger partial charge in [-0.25, -0.2) is 9.37 Å². The van der Waals surface area contributed by atoms with Gasteiger partial charge in [-0.2, -0.15) is 0 Å². The third-order valence-electron chi connectivity index (χ3n) is 2.91. The lowest BCUT2D eigenvalue weighted by molar-refractivity contribution is -0.122. The molecule has 1 saturated heterocycles. The molecule has 0 aliphatic carbocycles. The van der Waals surface area contributed by atoms with Gasteiger partial charge in [-0.3, -0.25) is 4.79 Å². The van der Waals surface area contributed by atoms with Crippen LogP contribution in [0.25, 0.3) is 10.2 Å². The minimum Gasteiger partial charge on any atom is -0.369 e. The molecule has 88 valence electrons. The van der Waals surface area contributed by atoms with Crippen molar-refractivity contribution in [2.45, 2.75) is 0 Å². The first-order valence-electron chi connectivity index (χ1n) is 5.24. The molecule has 1 aliphatic rings. The van der Waals surface area contributed by atoms with Gasteiger partial charge in [0.05, 0.1) is 10.6 Å². The Morgan fingerprint density at radius 2 is 2.29 bits per heavy atom. The van der Waals surface area contributed by atoms with E-state index in [-0.39, 0.29) is 17.6 Å². The highest BCUT2D eigenvalue weighted by Gasteiger charge is 2.33. The van der Waals surface area contributed by atoms with Crippen LogP contribution in [0.3, 0.4) is 0 Å². The number of hydrogen-bond donors (Lipinski definition) is 1. The van der Waals surface area contributed by atoms with E-state index in [0.29, 0.717) is 18.6 Å². The van der Waals surface area contributed by atoms with E-state index in [1.165, 1.54) is 17.4 Å². The standard InChI is InChI=1S/C11H10FN3OS/c12-7-2-1-3-8-9(7)14-11(17-8)15-4-6(5-15)10(13)16/h1-3,6H,4-5H2,(H2,13,16). The summed E-state index contributed by atoms with van der Waals surface area (Å²) >= 11 is 1.43. The molecule has 3 rings (SSSR count). The van der Waals surface area contributed by atoms with E-state index in [9.17, 15) is 9.18 Å². The molecule has 1 aromatic carbocycles. The molecule has 1 amide bonds. The van der Waals surface area contributed by atoms with Crippen LogP contribution in [-0.2, 0) is 4.79 Å². The van der Waals surface area contributed by atoms with Crippen molar-refractivity contribution >= 4 is 32.6 Å². The van der Waals surface area contributed by atoms with Gasteiger partial charge < -0.3 is 10.6 Å². The van der Waals surface area contributed by atoms with Crippen LogP contribution in [0, 0.1) is 11.7 Å². The maximum absolute atomic E-state index is 13.4. The topological polar surface area (TPSA) is 59.2 Å². The van der Waals surface area contributed by atoms with Crippen molar-refractivity contribution in [3.8, 4) is 0 Å². The highest BCUT2D eigenvalue weighted by Crippen LogP contribution is 2.33. The third-order valence-corrected chi connectivity index (χ3v) is 3.99. The number of aromatic nitrogens is 1. The molecule has 6 heteroatoms. The van der Waals surface area contributed by atoms with Gasteiger partial charge in [0.15, 0.2) is 5.13 Å². The SMILES string of the molecule is NC(=O)C1CN(c2nc3c(F)cccc3s2)C1. The summed E-state index contributed by atoms with van der Waals surface area (Å²) in [6, 6.07) is 4.90. The second-order valence-electron chi connectivity index (χ2n) is 4.09. The zero-order chi connectivity index (χ0) is 12.0. The van der Waals surface area contributed by atoms with Crippen molar-refractivity contribution in [1.82, 2.24) is 4.98 Å². The molecule has 1 aliphatic heterocycles. The Morgan fingerprint density at radius 3 is 2.94 bits per heavy atom. The van der Waals surface area contributed by atoms with E-state index in [2.05, 4.69) is 4.98 Å². The van der Waals surface area contributed by atoms with Gasteiger partial charge in [0.2, 0.25) is 5.91 Å². The quantitative estimate of drug-likeness (QED) is 0.876. The fraction of sp³-hybridized carbons (Fsp3) is 0.273. The van der Waals surface area contributed by atoms with Gasteiger partial charge in [-0.15, -0.1) is 0 Å². The summed E-state index contributed by atoms with van der Waals surface area (Å²) in [6.45, 7) is 1.16. The zero-order valence-corrected chi connectivity index (χ0v) is 9.71. The van der Waals surface area contributed by atoms with Crippen LogP contribution in [0.4, 0.5) is 9.52 Å². The minimum atomic E-state index is -0.308. The van der Waals surface area contributed by atoms with E-state index in [1.54, 1.807) is 6.07 Å². The van der Waals surface area contributed by atoms with Gasteiger partial charge in [0.25, 0.3) is 0 Å². The Morgan fingerprint density at radius 1 is 1.53 bits per heavy atom. The Balaban J connectivity index is 1.88. The van der Waals surface area contributed by atoms with Crippen molar-refractivity contribution in [1.29, 1.82) is 0 Å². The first-order valence-corrected chi connectivity index (χ1v) is 6.06. The molecule has 0 radical (unpaired) electrons. The fourth-order valence-electron chi connectivity index (χ4n) is 1.85. The molecule has 0 atom stereocenters. The maximum atomic E-state index is 13.4. The molecule has 0 spiro atoms. The number of anilines is 1. The Labute approximate surface area is 101 Å². The van der Waals surface area contributed by atoms with E-state index < -0.39 is 0 Å². The number of nitrogens with two attached hydrogens (primary N) is 1. The highest BCUT2D eigenvalue weighted by molar-refractivity contribution is 7.22. The number of carbonyl (C=O) groups is 1. The second kappa shape index (κ2) is 3.66. The van der Waals surface area contributed by atoms with Crippen molar-refractivity contribution in [3.05, 3.63) is 24.0 Å². The number of para-hydroxylation sites is 1. The summed E-state index contributed by atoms with van der Waals surface area (Å²) in [6.07, 6.45) is 0. The monoisotopic (exact) mass is 251 g/mol. The second-order valence-corrected chi connectivity index (χ2v) is 5.10. The molecule has 0 bridgehead atoms. The van der Waals surface area contributed by atoms with Crippen LogP contribution in [-0.4, -0.2) is 24.0 Å². The zero-order valence-electron chi connectivity index (χ0n) is 8.89. The van der Waals surface area contributed by atoms with Crippen LogP contribution in [0.1, 0.15) is 0 Å². The highest BCUT2D eigenvalue weighted by atomic mass is 32.1. The summed E-state index contributed by atoms with van der Waals surface area (Å²) in [5.41, 5.74) is 5.59. The van der Waals surface area contributed by atoms with Crippen molar-refractivity contribution in [2.24, 2.45) is 11.7 Å². The number of halogens is 1. The fourth-order valence-corrected chi connectivity index (χ4v) is 2.85. The number of hydrogen-bond acceptors (Lipinski definition) is 4. The number of carbonyl (C=O) groups excluding carboxylic acids is 1. The van der Waals surface area contributed by atoms with Crippen LogP contribution in [0.15, 0.2) is 18.2 Å². The molecule has 4 nitrogen and oxygen atoms in total. The van der Waals surface area contributed by atoms with E-state index in [0.717, 1.165) is 9.83 Å². The lowest BCUT2D eigenvalue weighted by Crippen LogP contribution is -2.52. The lowest BCUT2D eigenvalue weighted by atomic mass is 10.0. The number of thiazole rings is 1. The Kier molecular flexibility index (Phi) is 2.25. The number of fused-ring (bicyclic) bond motifs is 1. The molecular formula is C11H10FN3OS. The largest absolute Gasteiger partial charge is 0.369 e. The van der Waals surface area contributed by atoms with Gasteiger partial charge in [-0.1, -0.05) is 17.4 Å². The molecule has 2 N–H and O–H groups in total. The molecule has 1 fully saturated rings. The molecule has 1 aromatic heterocycles. The summed E-state index contributed by atoms with van der Waals surface area (Å²) in [5, 5.41) is 0.752. The third kappa shape index (κ3) is 1.64. The summed E-state index contributed by atoms with van der Waals surface area (Å²) < 4.78 is 14.3. The number of rotatable bonds is 2. The Bertz CT molecular complexity index is 591. The van der Waals surface area contributed by atoms with Gasteiger partial charge in [0.1, 0.15) is 11.3 Å². The number of nitrogens with zero attached hydrogens (tertiary/aromatic N) is 2. The summed E-state index contributed by atoms with van der Waals surface area (Å²) in [4.78, 5) is 17.1. The van der Waals surface area contributed by atoms with Crippen molar-refractivity contribution in [2.75, 3.05) is 18.0 Å². The van der Waals surface area contributed by atoms with Gasteiger partial charge in [-0.05, 0) is 12.1 Å². The molecule has 2 heterocycles. The molecule has 17 heavy (non-hydrogen) atoms. The maximum Gasteiger partial charge on any atom is 0.224 e. The van der Waals surface area contributed by atoms with Crippen molar-refractivity contribution < 1.29 is 9.18 Å². The number of primary amides is 1. The number of amides is 1. The van der Waals surface area contributed by atoms with Crippen LogP contribution >= 0.6 is 11.3 Å². The van der Waals surface area contributed by atoms with E-state index in [1.807, 2.05) is 11.0 Å².